The molecule has 2 amide bonds. The minimum Gasteiger partial charge on any atom is -0.441 e. The maximum Gasteiger partial charge on any atom is 0.253 e. The van der Waals surface area contributed by atoms with Gasteiger partial charge in [-0.3, -0.25) is 9.59 Å². The number of carbonyl (C=O) groups is 2. The van der Waals surface area contributed by atoms with Crippen molar-refractivity contribution in [3.05, 3.63) is 71.4 Å². The van der Waals surface area contributed by atoms with Crippen LogP contribution in [-0.2, 0) is 10.2 Å². The number of amides is 2. The zero-order valence-electron chi connectivity index (χ0n) is 20.8. The van der Waals surface area contributed by atoms with E-state index in [-0.39, 0.29) is 23.3 Å². The number of hydrogen-bond donors (Lipinski definition) is 2. The second kappa shape index (κ2) is 10.9. The van der Waals surface area contributed by atoms with Gasteiger partial charge in [-0.15, -0.1) is 0 Å². The van der Waals surface area contributed by atoms with E-state index in [4.69, 9.17) is 4.42 Å². The molecule has 3 aromatic rings. The van der Waals surface area contributed by atoms with Crippen LogP contribution in [-0.4, -0.2) is 45.8 Å². The van der Waals surface area contributed by atoms with Crippen LogP contribution >= 0.6 is 11.3 Å². The molecular weight excluding hydrogens is 474 g/mol. The molecule has 1 aliphatic heterocycles. The van der Waals surface area contributed by atoms with Gasteiger partial charge < -0.3 is 20.0 Å². The summed E-state index contributed by atoms with van der Waals surface area (Å²) in [5, 5.41) is 6.99. The minimum absolute atomic E-state index is 0.0218. The Balaban J connectivity index is 1.33. The molecule has 4 rings (SSSR count). The van der Waals surface area contributed by atoms with E-state index >= 15 is 0 Å². The first-order valence-corrected chi connectivity index (χ1v) is 12.7. The van der Waals surface area contributed by atoms with Crippen LogP contribution in [0.3, 0.4) is 0 Å². The third-order valence-corrected chi connectivity index (χ3v) is 6.69. The van der Waals surface area contributed by atoms with Gasteiger partial charge in [-0.1, -0.05) is 38.7 Å². The van der Waals surface area contributed by atoms with Gasteiger partial charge in [0.25, 0.3) is 5.91 Å². The van der Waals surface area contributed by atoms with Crippen molar-refractivity contribution in [1.82, 2.24) is 14.9 Å². The molecule has 0 aliphatic carbocycles. The van der Waals surface area contributed by atoms with Crippen molar-refractivity contribution in [2.45, 2.75) is 45.1 Å². The molecule has 0 unspecified atom stereocenters. The van der Waals surface area contributed by atoms with E-state index in [2.05, 4.69) is 48.0 Å². The number of anilines is 2. The van der Waals surface area contributed by atoms with Crippen LogP contribution in [0.25, 0.3) is 12.2 Å². The highest BCUT2D eigenvalue weighted by Gasteiger charge is 2.25. The first-order valence-electron chi connectivity index (χ1n) is 11.9. The predicted octanol–water partition coefficient (Wildman–Crippen LogP) is 5.44. The summed E-state index contributed by atoms with van der Waals surface area (Å²) in [6.45, 7) is 11.0. The van der Waals surface area contributed by atoms with E-state index < -0.39 is 0 Å². The zero-order valence-corrected chi connectivity index (χ0v) is 21.6. The first-order chi connectivity index (χ1) is 17.2. The monoisotopic (exact) mass is 505 g/mol. The van der Waals surface area contributed by atoms with Crippen molar-refractivity contribution in [1.29, 1.82) is 0 Å². The Morgan fingerprint density at radius 1 is 1.17 bits per heavy atom. The summed E-state index contributed by atoms with van der Waals surface area (Å²) in [6.07, 6.45) is 10.5. The molecule has 0 saturated carbocycles. The highest BCUT2D eigenvalue weighted by molar-refractivity contribution is 7.16. The summed E-state index contributed by atoms with van der Waals surface area (Å²) in [5.41, 5.74) is 1.14. The molecule has 1 atom stereocenters. The molecule has 188 valence electrons. The van der Waals surface area contributed by atoms with Crippen LogP contribution in [0, 0.1) is 0 Å². The summed E-state index contributed by atoms with van der Waals surface area (Å²) in [4.78, 5) is 36.1. The van der Waals surface area contributed by atoms with E-state index in [0.29, 0.717) is 30.2 Å². The number of thiazole rings is 1. The van der Waals surface area contributed by atoms with Gasteiger partial charge in [0.15, 0.2) is 5.13 Å². The van der Waals surface area contributed by atoms with Crippen molar-refractivity contribution in [2.75, 3.05) is 23.7 Å². The number of carbonyl (C=O) groups excluding carboxylic acids is 2. The lowest BCUT2D eigenvalue weighted by molar-refractivity contribution is -0.111. The number of nitrogens with one attached hydrogen (secondary N) is 2. The van der Waals surface area contributed by atoms with Gasteiger partial charge in [0.1, 0.15) is 5.76 Å². The van der Waals surface area contributed by atoms with Gasteiger partial charge in [0.2, 0.25) is 11.8 Å². The van der Waals surface area contributed by atoms with Gasteiger partial charge in [0.05, 0.1) is 6.20 Å². The average molecular weight is 506 g/mol. The summed E-state index contributed by atoms with van der Waals surface area (Å²) >= 11 is 1.55. The van der Waals surface area contributed by atoms with Crippen molar-refractivity contribution in [3.63, 3.8) is 0 Å². The third kappa shape index (κ3) is 6.48. The van der Waals surface area contributed by atoms with Crippen LogP contribution in [0.15, 0.2) is 53.7 Å². The Kier molecular flexibility index (Phi) is 7.69. The number of rotatable bonds is 7. The minimum atomic E-state index is -0.285. The lowest BCUT2D eigenvalue weighted by atomic mass is 9.94. The number of likely N-dealkylation sites (tertiary alicyclic amines) is 1. The van der Waals surface area contributed by atoms with E-state index in [0.717, 1.165) is 28.6 Å². The van der Waals surface area contributed by atoms with E-state index in [1.807, 2.05) is 23.2 Å². The number of oxazole rings is 1. The standard InChI is InChI=1S/C27H31N5O3S/c1-5-23(33)30-19-10-8-18(9-11-19)25(34)32-14-6-7-20(17-32)31-26-29-15-21(36-26)12-13-24-28-16-22(35-24)27(2,3)4/h5,8-13,15-16,20H,1,6-7,14,17H2,2-4H3,(H,29,31)(H,30,33)/b13-12+/t20-/m1/s1. The molecule has 1 aromatic carbocycles. The maximum atomic E-state index is 13.0. The van der Waals surface area contributed by atoms with Gasteiger partial charge in [-0.25, -0.2) is 9.97 Å². The Hall–Kier alpha value is -3.72. The summed E-state index contributed by atoms with van der Waals surface area (Å²) in [5.74, 6) is 1.11. The lowest BCUT2D eigenvalue weighted by Crippen LogP contribution is -2.45. The molecule has 1 aliphatic rings. The Morgan fingerprint density at radius 2 is 1.94 bits per heavy atom. The van der Waals surface area contributed by atoms with Crippen LogP contribution < -0.4 is 10.6 Å². The number of hydrogen-bond acceptors (Lipinski definition) is 7. The van der Waals surface area contributed by atoms with Crippen LogP contribution in [0.5, 0.6) is 0 Å². The van der Waals surface area contributed by atoms with Gasteiger partial charge in [-0.05, 0) is 49.3 Å². The second-order valence-corrected chi connectivity index (χ2v) is 10.8. The van der Waals surface area contributed by atoms with Crippen molar-refractivity contribution in [3.8, 4) is 0 Å². The molecule has 1 saturated heterocycles. The Bertz CT molecular complexity index is 1250. The first kappa shape index (κ1) is 25.4. The molecule has 0 radical (unpaired) electrons. The summed E-state index contributed by atoms with van der Waals surface area (Å²) in [6, 6.07) is 7.03. The van der Waals surface area contributed by atoms with Gasteiger partial charge in [0, 0.05) is 52.9 Å². The predicted molar refractivity (Wildman–Crippen MR) is 144 cm³/mol. The van der Waals surface area contributed by atoms with Crippen molar-refractivity contribution >= 4 is 46.1 Å². The Morgan fingerprint density at radius 3 is 2.64 bits per heavy atom. The fourth-order valence-electron chi connectivity index (χ4n) is 3.82. The topological polar surface area (TPSA) is 100 Å². The normalized spacial score (nSPS) is 16.2. The quantitative estimate of drug-likeness (QED) is 0.415. The molecule has 2 N–H and O–H groups in total. The molecule has 2 aromatic heterocycles. The van der Waals surface area contributed by atoms with E-state index in [9.17, 15) is 9.59 Å². The molecule has 1 fully saturated rings. The molecule has 0 spiro atoms. The molecule has 9 heteroatoms. The van der Waals surface area contributed by atoms with Crippen LogP contribution in [0.2, 0.25) is 0 Å². The average Bonchev–Trinajstić information content (AvgIpc) is 3.52. The SMILES string of the molecule is C=CC(=O)Nc1ccc(C(=O)N2CCC[C@@H](Nc3ncc(/C=C/c4ncc(C(C)(C)C)o4)s3)C2)cc1. The van der Waals surface area contributed by atoms with Crippen molar-refractivity contribution < 1.29 is 14.0 Å². The molecular formula is C27H31N5O3S. The maximum absolute atomic E-state index is 13.0. The lowest BCUT2D eigenvalue weighted by Gasteiger charge is -2.33. The van der Waals surface area contributed by atoms with Gasteiger partial charge in [-0.2, -0.15) is 0 Å². The number of aromatic nitrogens is 2. The number of nitrogens with zero attached hydrogens (tertiary/aromatic N) is 3. The highest BCUT2D eigenvalue weighted by atomic mass is 32.1. The van der Waals surface area contributed by atoms with E-state index in [1.165, 1.54) is 6.08 Å². The second-order valence-electron chi connectivity index (χ2n) is 9.72. The van der Waals surface area contributed by atoms with Gasteiger partial charge >= 0.3 is 0 Å². The molecule has 3 heterocycles. The Labute approximate surface area is 215 Å². The fourth-order valence-corrected chi connectivity index (χ4v) is 4.62. The fraction of sp³-hybridized carbons (Fsp3) is 0.333. The summed E-state index contributed by atoms with van der Waals surface area (Å²) < 4.78 is 5.81. The van der Waals surface area contributed by atoms with E-state index in [1.54, 1.807) is 41.8 Å². The zero-order chi connectivity index (χ0) is 25.7. The smallest absolute Gasteiger partial charge is 0.253 e. The van der Waals surface area contributed by atoms with Crippen LogP contribution in [0.1, 0.15) is 60.5 Å². The van der Waals surface area contributed by atoms with Crippen molar-refractivity contribution in [2.24, 2.45) is 0 Å². The number of piperidine rings is 1. The molecule has 0 bridgehead atoms. The number of benzene rings is 1. The third-order valence-electron chi connectivity index (χ3n) is 5.80. The molecule has 36 heavy (non-hydrogen) atoms. The highest BCUT2D eigenvalue weighted by Crippen LogP contribution is 2.26. The summed E-state index contributed by atoms with van der Waals surface area (Å²) in [7, 11) is 0. The largest absolute Gasteiger partial charge is 0.441 e. The molecule has 8 nitrogen and oxygen atoms in total. The van der Waals surface area contributed by atoms with Crippen LogP contribution in [0.4, 0.5) is 10.8 Å².